The van der Waals surface area contributed by atoms with E-state index in [0.717, 1.165) is 18.8 Å². The molecule has 6 heteroatoms. The van der Waals surface area contributed by atoms with Crippen molar-refractivity contribution < 1.29 is 9.53 Å². The third kappa shape index (κ3) is 1.67. The van der Waals surface area contributed by atoms with Crippen molar-refractivity contribution in [2.45, 2.75) is 0 Å². The van der Waals surface area contributed by atoms with Gasteiger partial charge in [0.1, 0.15) is 5.75 Å². The van der Waals surface area contributed by atoms with Crippen LogP contribution in [-0.2, 0) is 4.79 Å². The van der Waals surface area contributed by atoms with Crippen LogP contribution >= 0.6 is 0 Å². The van der Waals surface area contributed by atoms with E-state index >= 15 is 0 Å². The summed E-state index contributed by atoms with van der Waals surface area (Å²) in [5.41, 5.74) is 1.54. The molecule has 6 nitrogen and oxygen atoms in total. The molecule has 0 aromatic heterocycles. The minimum atomic E-state index is -0.149. The number of amides is 1. The fourth-order valence-electron chi connectivity index (χ4n) is 1.99. The number of rotatable bonds is 1. The zero-order valence-corrected chi connectivity index (χ0v) is 9.12. The van der Waals surface area contributed by atoms with Crippen LogP contribution in [0, 0.1) is 5.41 Å². The van der Waals surface area contributed by atoms with Gasteiger partial charge in [-0.3, -0.25) is 10.2 Å². The molecule has 0 unspecified atom stereocenters. The molecule has 2 aliphatic heterocycles. The van der Waals surface area contributed by atoms with Crippen LogP contribution in [-0.4, -0.2) is 31.6 Å². The molecule has 88 valence electrons. The van der Waals surface area contributed by atoms with Gasteiger partial charge in [-0.05, 0) is 18.2 Å². The normalized spacial score (nSPS) is 18.2. The number of nitrogens with zero attached hydrogens (tertiary/aromatic N) is 1. The predicted molar refractivity (Wildman–Crippen MR) is 63.6 cm³/mol. The molecule has 0 bridgehead atoms. The number of guanidine groups is 1. The standard InChI is InChI=1S/C11H12N4O2/c12-11-13-3-4-15(11)7-1-2-9-8(5-7)14-10(16)6-17-9/h1-2,5H,3-4,6H2,(H2,12,13)(H,14,16). The highest BCUT2D eigenvalue weighted by atomic mass is 16.5. The molecule has 1 fully saturated rings. The van der Waals surface area contributed by atoms with E-state index in [2.05, 4.69) is 10.6 Å². The molecule has 1 aromatic rings. The molecular weight excluding hydrogens is 220 g/mol. The molecule has 1 amide bonds. The monoisotopic (exact) mass is 232 g/mol. The maximum atomic E-state index is 11.2. The van der Waals surface area contributed by atoms with E-state index in [4.69, 9.17) is 10.1 Å². The van der Waals surface area contributed by atoms with Gasteiger partial charge in [0.2, 0.25) is 0 Å². The van der Waals surface area contributed by atoms with Crippen LogP contribution in [0.2, 0.25) is 0 Å². The van der Waals surface area contributed by atoms with Crippen molar-refractivity contribution in [2.24, 2.45) is 0 Å². The molecule has 3 rings (SSSR count). The minimum absolute atomic E-state index is 0.0629. The third-order valence-electron chi connectivity index (χ3n) is 2.81. The molecule has 0 aliphatic carbocycles. The quantitative estimate of drug-likeness (QED) is 0.653. The summed E-state index contributed by atoms with van der Waals surface area (Å²) >= 11 is 0. The Morgan fingerprint density at radius 1 is 1.41 bits per heavy atom. The Balaban J connectivity index is 1.94. The maximum absolute atomic E-state index is 11.2. The number of hydrogen-bond donors (Lipinski definition) is 3. The SMILES string of the molecule is N=C1NCCN1c1ccc2c(c1)NC(=O)CO2. The van der Waals surface area contributed by atoms with Gasteiger partial charge in [-0.1, -0.05) is 0 Å². The van der Waals surface area contributed by atoms with Crippen LogP contribution in [0.4, 0.5) is 11.4 Å². The fourth-order valence-corrected chi connectivity index (χ4v) is 1.99. The highest BCUT2D eigenvalue weighted by Crippen LogP contribution is 2.32. The predicted octanol–water partition coefficient (Wildman–Crippen LogP) is 0.362. The molecule has 0 saturated carbocycles. The lowest BCUT2D eigenvalue weighted by Gasteiger charge is -2.22. The van der Waals surface area contributed by atoms with E-state index in [1.54, 1.807) is 0 Å². The van der Waals surface area contributed by atoms with E-state index in [-0.39, 0.29) is 12.5 Å². The molecule has 3 N–H and O–H groups in total. The number of benzene rings is 1. The second kappa shape index (κ2) is 3.65. The van der Waals surface area contributed by atoms with Gasteiger partial charge >= 0.3 is 0 Å². The molecule has 17 heavy (non-hydrogen) atoms. The summed E-state index contributed by atoms with van der Waals surface area (Å²) in [6.45, 7) is 1.58. The Bertz CT molecular complexity index is 500. The number of anilines is 2. The van der Waals surface area contributed by atoms with Gasteiger partial charge in [-0.2, -0.15) is 0 Å². The molecular formula is C11H12N4O2. The summed E-state index contributed by atoms with van der Waals surface area (Å²) in [6.07, 6.45) is 0. The van der Waals surface area contributed by atoms with E-state index in [9.17, 15) is 4.79 Å². The van der Waals surface area contributed by atoms with E-state index in [1.165, 1.54) is 0 Å². The molecule has 0 atom stereocenters. The average molecular weight is 232 g/mol. The van der Waals surface area contributed by atoms with Gasteiger partial charge in [0.05, 0.1) is 5.69 Å². The van der Waals surface area contributed by atoms with Crippen LogP contribution in [0.3, 0.4) is 0 Å². The van der Waals surface area contributed by atoms with Gasteiger partial charge in [-0.15, -0.1) is 0 Å². The van der Waals surface area contributed by atoms with Crippen molar-refractivity contribution in [3.05, 3.63) is 18.2 Å². The molecule has 1 saturated heterocycles. The first-order valence-electron chi connectivity index (χ1n) is 5.41. The summed E-state index contributed by atoms with van der Waals surface area (Å²) in [4.78, 5) is 13.1. The first-order chi connectivity index (χ1) is 8.24. The lowest BCUT2D eigenvalue weighted by molar-refractivity contribution is -0.118. The molecule has 0 spiro atoms. The third-order valence-corrected chi connectivity index (χ3v) is 2.81. The average Bonchev–Trinajstić information content (AvgIpc) is 2.74. The molecule has 2 aliphatic rings. The largest absolute Gasteiger partial charge is 0.482 e. The van der Waals surface area contributed by atoms with E-state index in [0.29, 0.717) is 17.4 Å². The van der Waals surface area contributed by atoms with Gasteiger partial charge in [0.25, 0.3) is 5.91 Å². The Morgan fingerprint density at radius 2 is 2.29 bits per heavy atom. The molecule has 1 aromatic carbocycles. The minimum Gasteiger partial charge on any atom is -0.482 e. The topological polar surface area (TPSA) is 77.5 Å². The van der Waals surface area contributed by atoms with Gasteiger partial charge in [0, 0.05) is 18.8 Å². The molecule has 0 radical (unpaired) electrons. The summed E-state index contributed by atoms with van der Waals surface area (Å²) in [7, 11) is 0. The Labute approximate surface area is 98.1 Å². The van der Waals surface area contributed by atoms with Gasteiger partial charge < -0.3 is 20.3 Å². The second-order valence-corrected chi connectivity index (χ2v) is 3.94. The first-order valence-corrected chi connectivity index (χ1v) is 5.41. The zero-order valence-electron chi connectivity index (χ0n) is 9.12. The van der Waals surface area contributed by atoms with Crippen molar-refractivity contribution in [1.29, 1.82) is 5.41 Å². The summed E-state index contributed by atoms with van der Waals surface area (Å²) in [5.74, 6) is 0.907. The van der Waals surface area contributed by atoms with Crippen LogP contribution in [0.1, 0.15) is 0 Å². The number of carbonyl (C=O) groups excluding carboxylic acids is 1. The van der Waals surface area contributed by atoms with E-state index < -0.39 is 0 Å². The highest BCUT2D eigenvalue weighted by Gasteiger charge is 2.21. The summed E-state index contributed by atoms with van der Waals surface area (Å²) in [5, 5.41) is 13.4. The zero-order chi connectivity index (χ0) is 11.8. The highest BCUT2D eigenvalue weighted by molar-refractivity contribution is 5.99. The number of carbonyl (C=O) groups is 1. The smallest absolute Gasteiger partial charge is 0.262 e. The van der Waals surface area contributed by atoms with Crippen LogP contribution in [0.5, 0.6) is 5.75 Å². The summed E-state index contributed by atoms with van der Waals surface area (Å²) in [6, 6.07) is 5.53. The Kier molecular flexibility index (Phi) is 2.14. The lowest BCUT2D eigenvalue weighted by atomic mass is 10.2. The van der Waals surface area contributed by atoms with Crippen LogP contribution in [0.25, 0.3) is 0 Å². The van der Waals surface area contributed by atoms with E-state index in [1.807, 2.05) is 23.1 Å². The Morgan fingerprint density at radius 3 is 3.06 bits per heavy atom. The number of fused-ring (bicyclic) bond motifs is 1. The van der Waals surface area contributed by atoms with Crippen molar-refractivity contribution in [2.75, 3.05) is 29.9 Å². The van der Waals surface area contributed by atoms with Gasteiger partial charge in [-0.25, -0.2) is 0 Å². The lowest BCUT2D eigenvalue weighted by Crippen LogP contribution is -2.29. The first kappa shape index (κ1) is 9.95. The second-order valence-electron chi connectivity index (χ2n) is 3.94. The summed E-state index contributed by atoms with van der Waals surface area (Å²) < 4.78 is 5.28. The van der Waals surface area contributed by atoms with Crippen molar-refractivity contribution in [1.82, 2.24) is 5.32 Å². The fraction of sp³-hybridized carbons (Fsp3) is 0.273. The number of ether oxygens (including phenoxy) is 1. The Hall–Kier alpha value is -2.24. The van der Waals surface area contributed by atoms with Crippen molar-refractivity contribution >= 4 is 23.2 Å². The maximum Gasteiger partial charge on any atom is 0.262 e. The van der Waals surface area contributed by atoms with Crippen molar-refractivity contribution in [3.8, 4) is 5.75 Å². The van der Waals surface area contributed by atoms with Gasteiger partial charge in [0.15, 0.2) is 12.6 Å². The molecule has 2 heterocycles. The van der Waals surface area contributed by atoms with Crippen molar-refractivity contribution in [3.63, 3.8) is 0 Å². The number of nitrogens with one attached hydrogen (secondary N) is 3. The van der Waals surface area contributed by atoms with Crippen LogP contribution < -0.4 is 20.3 Å². The van der Waals surface area contributed by atoms with Crippen LogP contribution in [0.15, 0.2) is 18.2 Å². The number of hydrogen-bond acceptors (Lipinski definition) is 3.